The van der Waals surface area contributed by atoms with E-state index in [4.69, 9.17) is 4.74 Å². The fraction of sp³-hybridized carbons (Fsp3) is 0.538. The van der Waals surface area contributed by atoms with Crippen LogP contribution in [0.5, 0.6) is 5.75 Å². The highest BCUT2D eigenvalue weighted by molar-refractivity contribution is 5.73. The number of ether oxygens (including phenoxy) is 1. The largest absolute Gasteiger partial charge is 0.490 e. The summed E-state index contributed by atoms with van der Waals surface area (Å²) in [5.41, 5.74) is 0. The van der Waals surface area contributed by atoms with Gasteiger partial charge in [-0.3, -0.25) is 0 Å². The van der Waals surface area contributed by atoms with Crippen LogP contribution in [0.1, 0.15) is 13.3 Å². The maximum atomic E-state index is 11.3. The van der Waals surface area contributed by atoms with E-state index in [0.717, 1.165) is 12.2 Å². The summed E-state index contributed by atoms with van der Waals surface area (Å²) in [7, 11) is 3.41. The third kappa shape index (κ3) is 5.46. The van der Waals surface area contributed by atoms with Gasteiger partial charge in [-0.2, -0.15) is 0 Å². The number of urea groups is 1. The molecule has 0 spiro atoms. The van der Waals surface area contributed by atoms with Crippen molar-refractivity contribution in [2.45, 2.75) is 13.3 Å². The molecule has 0 aliphatic rings. The fourth-order valence-corrected chi connectivity index (χ4v) is 1.36. The summed E-state index contributed by atoms with van der Waals surface area (Å²) in [6.07, 6.45) is 2.66. The molecule has 0 aliphatic carbocycles. The molecule has 1 aromatic rings. The molecule has 6 nitrogen and oxygen atoms in total. The zero-order valence-electron chi connectivity index (χ0n) is 11.8. The summed E-state index contributed by atoms with van der Waals surface area (Å²) in [6, 6.07) is 3.61. The van der Waals surface area contributed by atoms with Crippen molar-refractivity contribution in [1.29, 1.82) is 0 Å². The van der Waals surface area contributed by atoms with E-state index in [1.807, 2.05) is 12.1 Å². The molecule has 0 saturated heterocycles. The lowest BCUT2D eigenvalue weighted by molar-refractivity contribution is 0.218. The van der Waals surface area contributed by atoms with Gasteiger partial charge in [0.1, 0.15) is 0 Å². The molecule has 0 atom stereocenters. The van der Waals surface area contributed by atoms with Crippen LogP contribution in [-0.4, -0.2) is 49.7 Å². The van der Waals surface area contributed by atoms with Crippen LogP contribution in [0.2, 0.25) is 0 Å². The second kappa shape index (κ2) is 8.18. The van der Waals surface area contributed by atoms with E-state index in [2.05, 4.69) is 22.5 Å². The predicted octanol–water partition coefficient (Wildman–Crippen LogP) is 1.55. The molecule has 0 aromatic carbocycles. The van der Waals surface area contributed by atoms with Crippen molar-refractivity contribution in [3.8, 4) is 5.75 Å². The monoisotopic (exact) mass is 266 g/mol. The van der Waals surface area contributed by atoms with Gasteiger partial charge in [0.05, 0.1) is 6.61 Å². The van der Waals surface area contributed by atoms with E-state index in [-0.39, 0.29) is 6.03 Å². The average molecular weight is 266 g/mol. The maximum absolute atomic E-state index is 11.3. The minimum absolute atomic E-state index is 0.106. The first-order valence-corrected chi connectivity index (χ1v) is 6.42. The number of anilines is 1. The highest BCUT2D eigenvalue weighted by Crippen LogP contribution is 2.20. The van der Waals surface area contributed by atoms with Crippen molar-refractivity contribution in [2.24, 2.45) is 0 Å². The minimum atomic E-state index is -0.106. The third-order valence-corrected chi connectivity index (χ3v) is 2.33. The molecule has 0 aliphatic heterocycles. The Morgan fingerprint density at radius 2 is 2.21 bits per heavy atom. The molecule has 0 bridgehead atoms. The molecular formula is C13H22N4O2. The number of carbonyl (C=O) groups is 1. The van der Waals surface area contributed by atoms with E-state index in [9.17, 15) is 4.79 Å². The summed E-state index contributed by atoms with van der Waals surface area (Å²) >= 11 is 0. The number of pyridine rings is 1. The van der Waals surface area contributed by atoms with Gasteiger partial charge in [-0.25, -0.2) is 9.78 Å². The lowest BCUT2D eigenvalue weighted by Gasteiger charge is -2.14. The standard InChI is InChI=1S/C13H22N4O2/c1-4-10-19-11-6-5-7-14-12(11)15-8-9-16-13(18)17(2)3/h5-7H,4,8-10H2,1-3H3,(H,14,15)(H,16,18). The number of rotatable bonds is 7. The van der Waals surface area contributed by atoms with Crippen LogP contribution in [0.3, 0.4) is 0 Å². The Hall–Kier alpha value is -1.98. The van der Waals surface area contributed by atoms with Gasteiger partial charge in [0.25, 0.3) is 0 Å². The minimum Gasteiger partial charge on any atom is -0.490 e. The van der Waals surface area contributed by atoms with E-state index in [0.29, 0.717) is 25.5 Å². The molecule has 2 N–H and O–H groups in total. The summed E-state index contributed by atoms with van der Waals surface area (Å²) in [5, 5.41) is 5.92. The van der Waals surface area contributed by atoms with Crippen LogP contribution < -0.4 is 15.4 Å². The number of amides is 2. The second-order valence-electron chi connectivity index (χ2n) is 4.25. The third-order valence-electron chi connectivity index (χ3n) is 2.33. The van der Waals surface area contributed by atoms with Crippen LogP contribution in [0.15, 0.2) is 18.3 Å². The van der Waals surface area contributed by atoms with Gasteiger partial charge in [-0.1, -0.05) is 6.92 Å². The maximum Gasteiger partial charge on any atom is 0.316 e. The van der Waals surface area contributed by atoms with Gasteiger partial charge in [-0.05, 0) is 18.6 Å². The SMILES string of the molecule is CCCOc1cccnc1NCCNC(=O)N(C)C. The zero-order chi connectivity index (χ0) is 14.1. The predicted molar refractivity (Wildman–Crippen MR) is 75.6 cm³/mol. The molecule has 0 unspecified atom stereocenters. The van der Waals surface area contributed by atoms with Crippen molar-refractivity contribution in [2.75, 3.05) is 39.1 Å². The normalized spacial score (nSPS) is 9.84. The van der Waals surface area contributed by atoms with Crippen molar-refractivity contribution >= 4 is 11.8 Å². The molecule has 1 heterocycles. The topological polar surface area (TPSA) is 66.5 Å². The van der Waals surface area contributed by atoms with E-state index >= 15 is 0 Å². The number of aromatic nitrogens is 1. The van der Waals surface area contributed by atoms with Crippen LogP contribution in [0, 0.1) is 0 Å². The summed E-state index contributed by atoms with van der Waals surface area (Å²) in [6.45, 7) is 3.85. The van der Waals surface area contributed by atoms with E-state index in [1.54, 1.807) is 20.3 Å². The first-order valence-electron chi connectivity index (χ1n) is 6.42. The van der Waals surface area contributed by atoms with Crippen molar-refractivity contribution < 1.29 is 9.53 Å². The molecule has 19 heavy (non-hydrogen) atoms. The summed E-state index contributed by atoms with van der Waals surface area (Å²) in [4.78, 5) is 17.0. The number of carbonyl (C=O) groups excluding carboxylic acids is 1. The van der Waals surface area contributed by atoms with Gasteiger partial charge >= 0.3 is 6.03 Å². The summed E-state index contributed by atoms with van der Waals surface area (Å²) in [5.74, 6) is 1.44. The van der Waals surface area contributed by atoms with Gasteiger partial charge < -0.3 is 20.3 Å². The van der Waals surface area contributed by atoms with Gasteiger partial charge in [0, 0.05) is 33.4 Å². The molecule has 6 heteroatoms. The van der Waals surface area contributed by atoms with Crippen LogP contribution in [0.25, 0.3) is 0 Å². The zero-order valence-corrected chi connectivity index (χ0v) is 11.8. The molecule has 0 radical (unpaired) electrons. The van der Waals surface area contributed by atoms with E-state index < -0.39 is 0 Å². The number of nitrogens with one attached hydrogen (secondary N) is 2. The van der Waals surface area contributed by atoms with Crippen LogP contribution in [0.4, 0.5) is 10.6 Å². The Balaban J connectivity index is 2.38. The number of hydrogen-bond acceptors (Lipinski definition) is 4. The quantitative estimate of drug-likeness (QED) is 0.735. The van der Waals surface area contributed by atoms with Gasteiger partial charge in [0.2, 0.25) is 0 Å². The first-order chi connectivity index (χ1) is 9.15. The van der Waals surface area contributed by atoms with Crippen LogP contribution in [-0.2, 0) is 0 Å². The highest BCUT2D eigenvalue weighted by Gasteiger charge is 2.04. The summed E-state index contributed by atoms with van der Waals surface area (Å²) < 4.78 is 5.58. The average Bonchev–Trinajstić information content (AvgIpc) is 2.42. The lowest BCUT2D eigenvalue weighted by atomic mass is 10.4. The smallest absolute Gasteiger partial charge is 0.316 e. The van der Waals surface area contributed by atoms with Crippen molar-refractivity contribution in [3.05, 3.63) is 18.3 Å². The Morgan fingerprint density at radius 3 is 2.89 bits per heavy atom. The van der Waals surface area contributed by atoms with Crippen LogP contribution >= 0.6 is 0 Å². The molecular weight excluding hydrogens is 244 g/mol. The first kappa shape index (κ1) is 15.1. The molecule has 106 valence electrons. The van der Waals surface area contributed by atoms with Crippen molar-refractivity contribution in [3.63, 3.8) is 0 Å². The van der Waals surface area contributed by atoms with Gasteiger partial charge in [0.15, 0.2) is 11.6 Å². The van der Waals surface area contributed by atoms with Gasteiger partial charge in [-0.15, -0.1) is 0 Å². The molecule has 2 amide bonds. The number of nitrogens with zero attached hydrogens (tertiary/aromatic N) is 2. The highest BCUT2D eigenvalue weighted by atomic mass is 16.5. The Kier molecular flexibility index (Phi) is 6.49. The second-order valence-corrected chi connectivity index (χ2v) is 4.25. The fourth-order valence-electron chi connectivity index (χ4n) is 1.36. The lowest BCUT2D eigenvalue weighted by Crippen LogP contribution is -2.37. The Bertz CT molecular complexity index is 396. The van der Waals surface area contributed by atoms with E-state index in [1.165, 1.54) is 4.90 Å². The molecule has 1 aromatic heterocycles. The number of hydrogen-bond donors (Lipinski definition) is 2. The Morgan fingerprint density at radius 1 is 1.42 bits per heavy atom. The molecule has 0 saturated carbocycles. The van der Waals surface area contributed by atoms with Crippen molar-refractivity contribution in [1.82, 2.24) is 15.2 Å². The Labute approximate surface area is 114 Å². The molecule has 0 fully saturated rings. The molecule has 1 rings (SSSR count).